The van der Waals surface area contributed by atoms with Gasteiger partial charge in [0.15, 0.2) is 0 Å². The fourth-order valence-corrected chi connectivity index (χ4v) is 1.20. The summed E-state index contributed by atoms with van der Waals surface area (Å²) in [4.78, 5) is 12.7. The maximum atomic E-state index is 11.0. The van der Waals surface area contributed by atoms with Crippen LogP contribution in [-0.4, -0.2) is 34.6 Å². The number of aliphatic hydroxyl groups is 1. The average Bonchev–Trinajstić information content (AvgIpc) is 2.14. The maximum absolute atomic E-state index is 11.0. The van der Waals surface area contributed by atoms with E-state index < -0.39 is 6.10 Å². The van der Waals surface area contributed by atoms with Gasteiger partial charge in [0.05, 0.1) is 0 Å². The Balaban J connectivity index is 2.57. The van der Waals surface area contributed by atoms with Gasteiger partial charge in [0.2, 0.25) is 0 Å². The summed E-state index contributed by atoms with van der Waals surface area (Å²) in [6.45, 7) is 4.61. The van der Waals surface area contributed by atoms with Crippen LogP contribution in [-0.2, 0) is 4.79 Å². The van der Waals surface area contributed by atoms with Crippen molar-refractivity contribution >= 4 is 5.91 Å². The molecule has 1 heterocycles. The summed E-state index contributed by atoms with van der Waals surface area (Å²) in [5.41, 5.74) is 0. The Bertz CT molecular complexity index is 145. The Kier molecular flexibility index (Phi) is 1.94. The van der Waals surface area contributed by atoms with Crippen molar-refractivity contribution in [3.63, 3.8) is 0 Å². The third-order valence-electron chi connectivity index (χ3n) is 1.83. The molecule has 0 radical (unpaired) electrons. The average molecular weight is 143 g/mol. The van der Waals surface area contributed by atoms with E-state index in [0.29, 0.717) is 13.0 Å². The van der Waals surface area contributed by atoms with Crippen molar-refractivity contribution in [2.45, 2.75) is 32.4 Å². The first-order valence-electron chi connectivity index (χ1n) is 3.61. The summed E-state index contributed by atoms with van der Waals surface area (Å²) in [7, 11) is 0. The van der Waals surface area contributed by atoms with E-state index in [1.165, 1.54) is 0 Å². The predicted octanol–water partition coefficient (Wildman–Crippen LogP) is -0.0120. The van der Waals surface area contributed by atoms with Crippen molar-refractivity contribution in [3.8, 4) is 0 Å². The largest absolute Gasteiger partial charge is 0.383 e. The van der Waals surface area contributed by atoms with Crippen LogP contribution >= 0.6 is 0 Å². The van der Waals surface area contributed by atoms with Gasteiger partial charge < -0.3 is 10.0 Å². The first-order chi connectivity index (χ1) is 4.63. The van der Waals surface area contributed by atoms with Gasteiger partial charge >= 0.3 is 0 Å². The molecule has 0 aromatic rings. The Hall–Kier alpha value is -0.570. The lowest BCUT2D eigenvalue weighted by atomic mass is 10.3. The molecule has 0 saturated carbocycles. The molecule has 3 nitrogen and oxygen atoms in total. The molecule has 1 N–H and O–H groups in total. The third-order valence-corrected chi connectivity index (χ3v) is 1.83. The van der Waals surface area contributed by atoms with E-state index in [1.807, 2.05) is 13.8 Å². The predicted molar refractivity (Wildman–Crippen MR) is 37.5 cm³/mol. The lowest BCUT2D eigenvalue weighted by Crippen LogP contribution is -2.34. The molecule has 0 aliphatic carbocycles. The van der Waals surface area contributed by atoms with Gasteiger partial charge in [-0.25, -0.2) is 0 Å². The van der Waals surface area contributed by atoms with Gasteiger partial charge in [-0.2, -0.15) is 0 Å². The highest BCUT2D eigenvalue weighted by Crippen LogP contribution is 2.13. The fraction of sp³-hybridized carbons (Fsp3) is 0.857. The minimum absolute atomic E-state index is 0.116. The number of hydrogen-bond acceptors (Lipinski definition) is 2. The van der Waals surface area contributed by atoms with Crippen LogP contribution in [0.2, 0.25) is 0 Å². The van der Waals surface area contributed by atoms with E-state index in [9.17, 15) is 4.79 Å². The zero-order valence-electron chi connectivity index (χ0n) is 6.37. The Morgan fingerprint density at radius 2 is 2.30 bits per heavy atom. The second-order valence-corrected chi connectivity index (χ2v) is 2.93. The first-order valence-corrected chi connectivity index (χ1v) is 3.61. The highest BCUT2D eigenvalue weighted by atomic mass is 16.3. The molecular formula is C7H13NO2. The summed E-state index contributed by atoms with van der Waals surface area (Å²) in [6.07, 6.45) is -0.140. The molecule has 0 aromatic heterocycles. The number of likely N-dealkylation sites (tertiary alicyclic amines) is 1. The van der Waals surface area contributed by atoms with Crippen LogP contribution in [0.15, 0.2) is 0 Å². The standard InChI is InChI=1S/C7H13NO2/c1-5(2)8-4-3-6(9)7(8)10/h5-6,9H,3-4H2,1-2H3. The van der Waals surface area contributed by atoms with Crippen molar-refractivity contribution < 1.29 is 9.90 Å². The van der Waals surface area contributed by atoms with E-state index in [4.69, 9.17) is 5.11 Å². The van der Waals surface area contributed by atoms with Gasteiger partial charge in [-0.05, 0) is 20.3 Å². The lowest BCUT2D eigenvalue weighted by molar-refractivity contribution is -0.135. The van der Waals surface area contributed by atoms with Crippen LogP contribution in [0.5, 0.6) is 0 Å². The van der Waals surface area contributed by atoms with E-state index in [1.54, 1.807) is 4.90 Å². The monoisotopic (exact) mass is 143 g/mol. The minimum Gasteiger partial charge on any atom is -0.383 e. The van der Waals surface area contributed by atoms with Crippen LogP contribution in [0.4, 0.5) is 0 Å². The summed E-state index contributed by atoms with van der Waals surface area (Å²) in [5.74, 6) is -0.116. The Morgan fingerprint density at radius 1 is 1.70 bits per heavy atom. The van der Waals surface area contributed by atoms with Crippen molar-refractivity contribution in [1.82, 2.24) is 4.90 Å². The van der Waals surface area contributed by atoms with Gasteiger partial charge in [-0.1, -0.05) is 0 Å². The SMILES string of the molecule is CC(C)N1CCC(O)C1=O. The second-order valence-electron chi connectivity index (χ2n) is 2.93. The highest BCUT2D eigenvalue weighted by molar-refractivity contribution is 5.82. The number of amides is 1. The van der Waals surface area contributed by atoms with E-state index in [-0.39, 0.29) is 11.9 Å². The molecule has 0 bridgehead atoms. The number of nitrogens with zero attached hydrogens (tertiary/aromatic N) is 1. The molecule has 3 heteroatoms. The molecule has 10 heavy (non-hydrogen) atoms. The molecule has 1 amide bonds. The van der Waals surface area contributed by atoms with Gasteiger partial charge in [-0.15, -0.1) is 0 Å². The van der Waals surface area contributed by atoms with Crippen LogP contribution in [0.25, 0.3) is 0 Å². The van der Waals surface area contributed by atoms with Gasteiger partial charge in [-0.3, -0.25) is 4.79 Å². The number of rotatable bonds is 1. The van der Waals surface area contributed by atoms with Crippen molar-refractivity contribution in [1.29, 1.82) is 0 Å². The van der Waals surface area contributed by atoms with E-state index >= 15 is 0 Å². The number of aliphatic hydroxyl groups excluding tert-OH is 1. The zero-order valence-corrected chi connectivity index (χ0v) is 6.37. The molecule has 1 saturated heterocycles. The normalized spacial score (nSPS) is 26.6. The summed E-state index contributed by atoms with van der Waals surface area (Å²) >= 11 is 0. The second kappa shape index (κ2) is 2.58. The molecule has 1 aliphatic heterocycles. The van der Waals surface area contributed by atoms with E-state index in [2.05, 4.69) is 0 Å². The summed E-state index contributed by atoms with van der Waals surface area (Å²) in [5, 5.41) is 9.03. The van der Waals surface area contributed by atoms with E-state index in [0.717, 1.165) is 0 Å². The smallest absolute Gasteiger partial charge is 0.251 e. The molecule has 1 fully saturated rings. The van der Waals surface area contributed by atoms with Crippen molar-refractivity contribution in [2.24, 2.45) is 0 Å². The van der Waals surface area contributed by atoms with Gasteiger partial charge in [0.1, 0.15) is 6.10 Å². The number of carbonyl (C=O) groups is 1. The molecule has 1 unspecified atom stereocenters. The van der Waals surface area contributed by atoms with Crippen LogP contribution in [0.3, 0.4) is 0 Å². The highest BCUT2D eigenvalue weighted by Gasteiger charge is 2.30. The molecule has 0 spiro atoms. The number of hydrogen-bond donors (Lipinski definition) is 1. The number of carbonyl (C=O) groups excluding carboxylic acids is 1. The zero-order chi connectivity index (χ0) is 7.72. The molecule has 1 aliphatic rings. The Labute approximate surface area is 60.6 Å². The molecule has 1 rings (SSSR count). The Morgan fingerprint density at radius 3 is 2.50 bits per heavy atom. The summed E-state index contributed by atoms with van der Waals surface area (Å²) in [6, 6.07) is 0.227. The molecule has 0 aromatic carbocycles. The van der Waals surface area contributed by atoms with Crippen molar-refractivity contribution in [2.75, 3.05) is 6.54 Å². The van der Waals surface area contributed by atoms with Crippen molar-refractivity contribution in [3.05, 3.63) is 0 Å². The molecular weight excluding hydrogens is 130 g/mol. The topological polar surface area (TPSA) is 40.5 Å². The maximum Gasteiger partial charge on any atom is 0.251 e. The molecule has 1 atom stereocenters. The van der Waals surface area contributed by atoms with Crippen LogP contribution < -0.4 is 0 Å². The third kappa shape index (κ3) is 1.14. The lowest BCUT2D eigenvalue weighted by Gasteiger charge is -2.19. The van der Waals surface area contributed by atoms with Gasteiger partial charge in [0, 0.05) is 12.6 Å². The quantitative estimate of drug-likeness (QED) is 0.560. The summed E-state index contributed by atoms with van der Waals surface area (Å²) < 4.78 is 0. The fourth-order valence-electron chi connectivity index (χ4n) is 1.20. The van der Waals surface area contributed by atoms with Crippen LogP contribution in [0, 0.1) is 0 Å². The van der Waals surface area contributed by atoms with Gasteiger partial charge in [0.25, 0.3) is 5.91 Å². The minimum atomic E-state index is -0.734. The van der Waals surface area contributed by atoms with Crippen LogP contribution in [0.1, 0.15) is 20.3 Å². The molecule has 58 valence electrons. The first kappa shape index (κ1) is 7.54.